The van der Waals surface area contributed by atoms with Crippen LogP contribution in [0.5, 0.6) is 0 Å². The fraction of sp³-hybridized carbons (Fsp3) is 0.125. The Kier molecular flexibility index (Phi) is 4.54. The molecule has 3 aromatic rings. The van der Waals surface area contributed by atoms with E-state index in [0.29, 0.717) is 16.9 Å². The zero-order chi connectivity index (χ0) is 16.9. The third-order valence-electron chi connectivity index (χ3n) is 3.15. The number of rotatable bonds is 5. The van der Waals surface area contributed by atoms with E-state index < -0.39 is 18.5 Å². The third kappa shape index (κ3) is 3.59. The molecule has 0 aliphatic rings. The van der Waals surface area contributed by atoms with Crippen LogP contribution in [-0.4, -0.2) is 27.9 Å². The molecule has 8 heteroatoms. The number of nitrogens with one attached hydrogen (secondary N) is 1. The van der Waals surface area contributed by atoms with E-state index in [1.165, 1.54) is 11.3 Å². The standard InChI is InChI=1S/C16H12N4O3S/c17-8-11-3-1-2-4-13(11)19-14(21)10-23-15(22)7-12-9-20-5-6-24-16(20)18-12/h1-6,9H,7,10H2,(H,19,21). The molecule has 0 saturated carbocycles. The fourth-order valence-electron chi connectivity index (χ4n) is 2.08. The van der Waals surface area contributed by atoms with Gasteiger partial charge < -0.3 is 10.1 Å². The Balaban J connectivity index is 1.51. The highest BCUT2D eigenvalue weighted by Gasteiger charge is 2.12. The number of esters is 1. The molecule has 2 heterocycles. The zero-order valence-corrected chi connectivity index (χ0v) is 13.2. The van der Waals surface area contributed by atoms with Crippen LogP contribution in [-0.2, 0) is 20.7 Å². The lowest BCUT2D eigenvalue weighted by molar-refractivity contribution is -0.146. The smallest absolute Gasteiger partial charge is 0.312 e. The molecule has 1 amide bonds. The van der Waals surface area contributed by atoms with Gasteiger partial charge in [0.1, 0.15) is 6.07 Å². The minimum absolute atomic E-state index is 0.00351. The number of fused-ring (bicyclic) bond motifs is 1. The van der Waals surface area contributed by atoms with Gasteiger partial charge >= 0.3 is 5.97 Å². The number of ether oxygens (including phenoxy) is 1. The van der Waals surface area contributed by atoms with Crippen molar-refractivity contribution in [3.8, 4) is 6.07 Å². The highest BCUT2D eigenvalue weighted by Crippen LogP contribution is 2.14. The Labute approximate surface area is 141 Å². The van der Waals surface area contributed by atoms with Crippen molar-refractivity contribution < 1.29 is 14.3 Å². The van der Waals surface area contributed by atoms with Gasteiger partial charge in [-0.05, 0) is 12.1 Å². The number of hydrogen-bond donors (Lipinski definition) is 1. The first-order valence-corrected chi connectivity index (χ1v) is 7.89. The van der Waals surface area contributed by atoms with Crippen molar-refractivity contribution in [2.75, 3.05) is 11.9 Å². The van der Waals surface area contributed by atoms with Crippen molar-refractivity contribution in [2.24, 2.45) is 0 Å². The Morgan fingerprint density at radius 2 is 2.21 bits per heavy atom. The number of hydrogen-bond acceptors (Lipinski definition) is 6. The van der Waals surface area contributed by atoms with Crippen molar-refractivity contribution in [3.05, 3.63) is 53.3 Å². The summed E-state index contributed by atoms with van der Waals surface area (Å²) in [7, 11) is 0. The van der Waals surface area contributed by atoms with Gasteiger partial charge in [-0.1, -0.05) is 12.1 Å². The van der Waals surface area contributed by atoms with Crippen LogP contribution < -0.4 is 5.32 Å². The molecule has 0 aliphatic heterocycles. The molecule has 3 rings (SSSR count). The average molecular weight is 340 g/mol. The normalized spacial score (nSPS) is 10.3. The van der Waals surface area contributed by atoms with Gasteiger partial charge in [0, 0.05) is 17.8 Å². The number of para-hydroxylation sites is 1. The van der Waals surface area contributed by atoms with Crippen LogP contribution in [0, 0.1) is 11.3 Å². The number of aromatic nitrogens is 2. The predicted molar refractivity (Wildman–Crippen MR) is 87.5 cm³/mol. The Bertz CT molecular complexity index is 910. The van der Waals surface area contributed by atoms with Gasteiger partial charge in [0.05, 0.1) is 23.4 Å². The van der Waals surface area contributed by atoms with Gasteiger partial charge in [-0.15, -0.1) is 11.3 Å². The first-order valence-electron chi connectivity index (χ1n) is 7.01. The van der Waals surface area contributed by atoms with Crippen molar-refractivity contribution in [1.82, 2.24) is 9.38 Å². The molecule has 120 valence electrons. The number of carbonyl (C=O) groups excluding carboxylic acids is 2. The molecular weight excluding hydrogens is 328 g/mol. The van der Waals surface area contributed by atoms with Crippen molar-refractivity contribution >= 4 is 33.9 Å². The summed E-state index contributed by atoms with van der Waals surface area (Å²) in [5, 5.41) is 13.4. The fourth-order valence-corrected chi connectivity index (χ4v) is 2.80. The minimum atomic E-state index is -0.538. The first kappa shape index (κ1) is 15.7. The highest BCUT2D eigenvalue weighted by molar-refractivity contribution is 7.15. The monoisotopic (exact) mass is 340 g/mol. The van der Waals surface area contributed by atoms with Gasteiger partial charge in [0.25, 0.3) is 5.91 Å². The van der Waals surface area contributed by atoms with Crippen molar-refractivity contribution in [1.29, 1.82) is 5.26 Å². The van der Waals surface area contributed by atoms with Crippen molar-refractivity contribution in [3.63, 3.8) is 0 Å². The van der Waals surface area contributed by atoms with Crippen LogP contribution >= 0.6 is 11.3 Å². The maximum atomic E-state index is 11.8. The molecule has 1 aromatic carbocycles. The van der Waals surface area contributed by atoms with Gasteiger partial charge in [0.15, 0.2) is 11.6 Å². The van der Waals surface area contributed by atoms with E-state index in [2.05, 4.69) is 10.3 Å². The molecule has 2 aromatic heterocycles. The number of nitriles is 1. The zero-order valence-electron chi connectivity index (χ0n) is 12.4. The quantitative estimate of drug-likeness (QED) is 0.717. The molecule has 0 spiro atoms. The summed E-state index contributed by atoms with van der Waals surface area (Å²) in [6, 6.07) is 8.57. The van der Waals surface area contributed by atoms with Crippen LogP contribution in [0.3, 0.4) is 0 Å². The minimum Gasteiger partial charge on any atom is -0.455 e. The topological polar surface area (TPSA) is 96.5 Å². The van der Waals surface area contributed by atoms with Gasteiger partial charge in [-0.25, -0.2) is 4.98 Å². The predicted octanol–water partition coefficient (Wildman–Crippen LogP) is 1.99. The van der Waals surface area contributed by atoms with E-state index in [4.69, 9.17) is 10.00 Å². The number of carbonyl (C=O) groups is 2. The van der Waals surface area contributed by atoms with Crippen LogP contribution in [0.1, 0.15) is 11.3 Å². The van der Waals surface area contributed by atoms with E-state index >= 15 is 0 Å². The number of thiazole rings is 1. The molecule has 0 radical (unpaired) electrons. The lowest BCUT2D eigenvalue weighted by atomic mass is 10.2. The molecule has 0 aliphatic carbocycles. The van der Waals surface area contributed by atoms with E-state index in [1.54, 1.807) is 30.5 Å². The molecule has 1 N–H and O–H groups in total. The second kappa shape index (κ2) is 6.93. The summed E-state index contributed by atoms with van der Waals surface area (Å²) in [5.74, 6) is -1.04. The SMILES string of the molecule is N#Cc1ccccc1NC(=O)COC(=O)Cc1cn2ccsc2n1. The Morgan fingerprint density at radius 3 is 3.00 bits per heavy atom. The van der Waals surface area contributed by atoms with Crippen LogP contribution in [0.4, 0.5) is 5.69 Å². The van der Waals surface area contributed by atoms with Gasteiger partial charge in [-0.3, -0.25) is 14.0 Å². The maximum Gasteiger partial charge on any atom is 0.312 e. The van der Waals surface area contributed by atoms with E-state index in [1.807, 2.05) is 22.0 Å². The van der Waals surface area contributed by atoms with Gasteiger partial charge in [-0.2, -0.15) is 5.26 Å². The average Bonchev–Trinajstić information content (AvgIpc) is 3.15. The first-order chi connectivity index (χ1) is 11.7. The molecule has 0 bridgehead atoms. The van der Waals surface area contributed by atoms with E-state index in [9.17, 15) is 9.59 Å². The third-order valence-corrected chi connectivity index (χ3v) is 3.93. The number of nitrogens with zero attached hydrogens (tertiary/aromatic N) is 3. The summed E-state index contributed by atoms with van der Waals surface area (Å²) < 4.78 is 6.76. The summed E-state index contributed by atoms with van der Waals surface area (Å²) in [6.07, 6.45) is 3.59. The molecular formula is C16H12N4O3S. The maximum absolute atomic E-state index is 11.8. The second-order valence-electron chi connectivity index (χ2n) is 4.87. The molecule has 0 fully saturated rings. The largest absolute Gasteiger partial charge is 0.455 e. The summed E-state index contributed by atoms with van der Waals surface area (Å²) in [4.78, 5) is 28.7. The molecule has 0 atom stereocenters. The lowest BCUT2D eigenvalue weighted by Crippen LogP contribution is -2.22. The summed E-state index contributed by atoms with van der Waals surface area (Å²) >= 11 is 1.47. The van der Waals surface area contributed by atoms with Crippen molar-refractivity contribution in [2.45, 2.75) is 6.42 Å². The van der Waals surface area contributed by atoms with Gasteiger partial charge in [0.2, 0.25) is 0 Å². The highest BCUT2D eigenvalue weighted by atomic mass is 32.1. The Hall–Kier alpha value is -3.18. The summed E-state index contributed by atoms with van der Waals surface area (Å²) in [6.45, 7) is -0.416. The summed E-state index contributed by atoms with van der Waals surface area (Å²) in [5.41, 5.74) is 1.31. The number of amides is 1. The number of imidazole rings is 1. The number of benzene rings is 1. The molecule has 0 unspecified atom stereocenters. The lowest BCUT2D eigenvalue weighted by Gasteiger charge is -2.07. The molecule has 24 heavy (non-hydrogen) atoms. The van der Waals surface area contributed by atoms with Crippen LogP contribution in [0.15, 0.2) is 42.0 Å². The molecule has 0 saturated heterocycles. The van der Waals surface area contributed by atoms with Crippen LogP contribution in [0.2, 0.25) is 0 Å². The van der Waals surface area contributed by atoms with E-state index in [-0.39, 0.29) is 6.42 Å². The number of anilines is 1. The Morgan fingerprint density at radius 1 is 1.38 bits per heavy atom. The second-order valence-corrected chi connectivity index (χ2v) is 5.74. The van der Waals surface area contributed by atoms with Crippen LogP contribution in [0.25, 0.3) is 4.96 Å². The molecule has 7 nitrogen and oxygen atoms in total. The van der Waals surface area contributed by atoms with E-state index in [0.717, 1.165) is 4.96 Å².